The average Bonchev–Trinajstić information content (AvgIpc) is 3.30. The Bertz CT molecular complexity index is 1110. The molecule has 1 heterocycles. The number of benzene rings is 2. The van der Waals surface area contributed by atoms with Crippen LogP contribution in [0.5, 0.6) is 28.7 Å². The summed E-state index contributed by atoms with van der Waals surface area (Å²) in [5, 5.41) is 0. The third kappa shape index (κ3) is 6.61. The Kier molecular flexibility index (Phi) is 9.32. The summed E-state index contributed by atoms with van der Waals surface area (Å²) in [4.78, 5) is 0. The Morgan fingerprint density at radius 3 is 2.11 bits per heavy atom. The van der Waals surface area contributed by atoms with Crippen LogP contribution < -0.4 is 23.7 Å². The summed E-state index contributed by atoms with van der Waals surface area (Å²) < 4.78 is 69.9. The van der Waals surface area contributed by atoms with E-state index in [0.29, 0.717) is 28.7 Å². The maximum absolute atomic E-state index is 10.9. The van der Waals surface area contributed by atoms with Crippen molar-refractivity contribution in [2.75, 3.05) is 35.0 Å². The Morgan fingerprint density at radius 2 is 1.57 bits per heavy atom. The van der Waals surface area contributed by atoms with E-state index in [9.17, 15) is 8.42 Å². The molecule has 0 amide bonds. The predicted octanol–water partition coefficient (Wildman–Crippen LogP) is 4.51. The van der Waals surface area contributed by atoms with Crippen LogP contribution in [0.2, 0.25) is 0 Å². The first kappa shape index (κ1) is 27.6. The monoisotopic (exact) mass is 624 g/mol. The van der Waals surface area contributed by atoms with Crippen molar-refractivity contribution in [1.82, 2.24) is 0 Å². The minimum atomic E-state index is -4.56. The van der Waals surface area contributed by atoms with Crippen molar-refractivity contribution in [2.45, 2.75) is 38.1 Å². The van der Waals surface area contributed by atoms with Gasteiger partial charge in [0.05, 0.1) is 44.2 Å². The highest BCUT2D eigenvalue weighted by molar-refractivity contribution is 14.1. The van der Waals surface area contributed by atoms with Crippen molar-refractivity contribution in [3.63, 3.8) is 0 Å². The largest absolute Gasteiger partial charge is 0.493 e. The van der Waals surface area contributed by atoms with Crippen LogP contribution in [0.3, 0.4) is 0 Å². The fourth-order valence-corrected chi connectivity index (χ4v) is 5.43. The Hall–Kier alpha value is -2.00. The SMILES string of the molecule is COc1cc([C@@H]2CC[C@@H](c3ccc(OCC(C)OS(=O)(=O)O)c(OC)c3I)O2)cc(OC)c1OC. The summed E-state index contributed by atoms with van der Waals surface area (Å²) in [5.74, 6) is 2.59. The van der Waals surface area contributed by atoms with Crippen LogP contribution in [0, 0.1) is 3.57 Å². The van der Waals surface area contributed by atoms with Crippen LogP contribution in [0.1, 0.15) is 43.1 Å². The Balaban J connectivity index is 1.78. The maximum atomic E-state index is 10.9. The van der Waals surface area contributed by atoms with Crippen LogP contribution in [0.25, 0.3) is 0 Å². The van der Waals surface area contributed by atoms with E-state index in [4.69, 9.17) is 33.0 Å². The zero-order valence-electron chi connectivity index (χ0n) is 20.1. The molecule has 2 aromatic carbocycles. The maximum Gasteiger partial charge on any atom is 0.397 e. The van der Waals surface area contributed by atoms with E-state index < -0.39 is 16.5 Å². The number of ether oxygens (including phenoxy) is 6. The molecular weight excluding hydrogens is 595 g/mol. The normalized spacial score (nSPS) is 18.7. The van der Waals surface area contributed by atoms with Gasteiger partial charge in [0, 0.05) is 0 Å². The van der Waals surface area contributed by atoms with Crippen molar-refractivity contribution in [3.8, 4) is 28.7 Å². The molecule has 3 rings (SSSR count). The lowest BCUT2D eigenvalue weighted by Gasteiger charge is -2.21. The van der Waals surface area contributed by atoms with Crippen LogP contribution in [0.4, 0.5) is 0 Å². The van der Waals surface area contributed by atoms with E-state index in [1.165, 1.54) is 14.0 Å². The van der Waals surface area contributed by atoms with E-state index in [1.807, 2.05) is 18.2 Å². The second-order valence-electron chi connectivity index (χ2n) is 7.80. The zero-order valence-corrected chi connectivity index (χ0v) is 23.0. The van der Waals surface area contributed by atoms with E-state index in [2.05, 4.69) is 26.8 Å². The number of hydrogen-bond acceptors (Lipinski definition) is 9. The highest BCUT2D eigenvalue weighted by Crippen LogP contribution is 2.48. The average molecular weight is 624 g/mol. The number of methoxy groups -OCH3 is 4. The summed E-state index contributed by atoms with van der Waals surface area (Å²) in [6.07, 6.45) is 0.370. The quantitative estimate of drug-likeness (QED) is 0.283. The summed E-state index contributed by atoms with van der Waals surface area (Å²) in [5.41, 5.74) is 1.88. The third-order valence-electron chi connectivity index (χ3n) is 5.48. The van der Waals surface area contributed by atoms with Gasteiger partial charge in [0.15, 0.2) is 23.0 Å². The van der Waals surface area contributed by atoms with Gasteiger partial charge in [0.2, 0.25) is 5.75 Å². The predicted molar refractivity (Wildman–Crippen MR) is 135 cm³/mol. The van der Waals surface area contributed by atoms with Crippen molar-refractivity contribution >= 4 is 33.0 Å². The number of hydrogen-bond donors (Lipinski definition) is 1. The first-order valence-electron chi connectivity index (χ1n) is 10.7. The molecule has 0 spiro atoms. The molecule has 0 aliphatic carbocycles. The number of rotatable bonds is 11. The van der Waals surface area contributed by atoms with Gasteiger partial charge < -0.3 is 28.4 Å². The number of halogens is 1. The van der Waals surface area contributed by atoms with Gasteiger partial charge in [-0.3, -0.25) is 4.55 Å². The fraction of sp³-hybridized carbons (Fsp3) is 0.478. The van der Waals surface area contributed by atoms with Crippen LogP contribution in [-0.2, 0) is 19.3 Å². The molecule has 1 unspecified atom stereocenters. The molecule has 0 bridgehead atoms. The molecule has 0 aromatic heterocycles. The standard InChI is InChI=1S/C23H29IO10S/c1-13(34-35(25,26)27)12-32-18-7-6-15(21(24)23(18)31-5)17-9-8-16(33-17)14-10-19(28-2)22(30-4)20(11-14)29-3/h6-7,10-11,13,16-17H,8-9,12H2,1-5H3,(H,25,26,27)/t13?,16-,17-/m0/s1. The molecular formula is C23H29IO10S. The summed E-state index contributed by atoms with van der Waals surface area (Å²) >= 11 is 2.18. The van der Waals surface area contributed by atoms with Crippen LogP contribution in [-0.4, -0.2) is 54.1 Å². The molecule has 1 aliphatic rings. The highest BCUT2D eigenvalue weighted by Gasteiger charge is 2.32. The molecule has 0 radical (unpaired) electrons. The molecule has 3 atom stereocenters. The minimum Gasteiger partial charge on any atom is -0.493 e. The second-order valence-corrected chi connectivity index (χ2v) is 9.92. The van der Waals surface area contributed by atoms with Gasteiger partial charge in [-0.2, -0.15) is 8.42 Å². The Morgan fingerprint density at radius 1 is 0.971 bits per heavy atom. The summed E-state index contributed by atoms with van der Waals surface area (Å²) in [6, 6.07) is 7.43. The van der Waals surface area contributed by atoms with E-state index in [1.54, 1.807) is 27.4 Å². The first-order chi connectivity index (χ1) is 16.6. The molecule has 2 aromatic rings. The molecule has 194 valence electrons. The van der Waals surface area contributed by atoms with Gasteiger partial charge in [-0.15, -0.1) is 0 Å². The van der Waals surface area contributed by atoms with Gasteiger partial charge in [-0.1, -0.05) is 6.07 Å². The second kappa shape index (κ2) is 11.8. The van der Waals surface area contributed by atoms with Gasteiger partial charge in [0.1, 0.15) is 12.7 Å². The van der Waals surface area contributed by atoms with Crippen LogP contribution >= 0.6 is 22.6 Å². The topological polar surface area (TPSA) is 119 Å². The molecule has 1 fully saturated rings. The third-order valence-corrected chi connectivity index (χ3v) is 7.16. The zero-order chi connectivity index (χ0) is 25.8. The van der Waals surface area contributed by atoms with Gasteiger partial charge in [0.25, 0.3) is 0 Å². The van der Waals surface area contributed by atoms with Crippen molar-refractivity contribution in [3.05, 3.63) is 39.0 Å². The lowest BCUT2D eigenvalue weighted by atomic mass is 10.0. The summed E-state index contributed by atoms with van der Waals surface area (Å²) in [6.45, 7) is 1.37. The van der Waals surface area contributed by atoms with Gasteiger partial charge >= 0.3 is 10.4 Å². The van der Waals surface area contributed by atoms with E-state index >= 15 is 0 Å². The Labute approximate surface area is 218 Å². The smallest absolute Gasteiger partial charge is 0.397 e. The lowest BCUT2D eigenvalue weighted by Crippen LogP contribution is -2.22. The molecule has 1 aliphatic heterocycles. The van der Waals surface area contributed by atoms with Crippen LogP contribution in [0.15, 0.2) is 24.3 Å². The fourth-order valence-electron chi connectivity index (χ4n) is 3.95. The van der Waals surface area contributed by atoms with E-state index in [-0.39, 0.29) is 18.8 Å². The molecule has 0 saturated carbocycles. The van der Waals surface area contributed by atoms with Crippen molar-refractivity contribution in [1.29, 1.82) is 0 Å². The molecule has 12 heteroatoms. The van der Waals surface area contributed by atoms with Crippen molar-refractivity contribution < 1.29 is 45.6 Å². The molecule has 1 N–H and O–H groups in total. The van der Waals surface area contributed by atoms with E-state index in [0.717, 1.165) is 27.5 Å². The summed E-state index contributed by atoms with van der Waals surface area (Å²) in [7, 11) is 1.68. The molecule has 35 heavy (non-hydrogen) atoms. The molecule has 10 nitrogen and oxygen atoms in total. The minimum absolute atomic E-state index is 0.102. The first-order valence-corrected chi connectivity index (χ1v) is 13.2. The van der Waals surface area contributed by atoms with Crippen molar-refractivity contribution in [2.24, 2.45) is 0 Å². The molecule has 1 saturated heterocycles. The van der Waals surface area contributed by atoms with Gasteiger partial charge in [-0.25, -0.2) is 4.18 Å². The highest BCUT2D eigenvalue weighted by atomic mass is 127. The van der Waals surface area contributed by atoms with Gasteiger partial charge in [-0.05, 0) is 71.7 Å². The lowest BCUT2D eigenvalue weighted by molar-refractivity contribution is 0.0431.